The van der Waals surface area contributed by atoms with Gasteiger partial charge in [0.15, 0.2) is 0 Å². The molecule has 0 aliphatic carbocycles. The van der Waals surface area contributed by atoms with Crippen molar-refractivity contribution in [2.45, 2.75) is 4.90 Å². The molecule has 22 heavy (non-hydrogen) atoms. The number of rotatable bonds is 2. The van der Waals surface area contributed by atoms with Gasteiger partial charge in [-0.15, -0.1) is 0 Å². The molecule has 1 heterocycles. The van der Waals surface area contributed by atoms with Crippen LogP contribution in [0.5, 0.6) is 0 Å². The molecule has 0 saturated carbocycles. The molecule has 0 atom stereocenters. The van der Waals surface area contributed by atoms with Crippen LogP contribution in [0, 0.1) is 0 Å². The van der Waals surface area contributed by atoms with E-state index in [9.17, 15) is 0 Å². The van der Waals surface area contributed by atoms with E-state index >= 15 is 0 Å². The van der Waals surface area contributed by atoms with Crippen molar-refractivity contribution in [3.63, 3.8) is 0 Å². The van der Waals surface area contributed by atoms with Gasteiger partial charge in [0, 0.05) is 14.3 Å². The summed E-state index contributed by atoms with van der Waals surface area (Å²) in [5.74, 6) is 0. The molecule has 2 aromatic carbocycles. The zero-order valence-corrected chi connectivity index (χ0v) is 15.3. The Labute approximate surface area is 142 Å². The predicted octanol–water partition coefficient (Wildman–Crippen LogP) is 6.60. The summed E-state index contributed by atoms with van der Waals surface area (Å²) in [4.78, 5) is 2.73. The lowest BCUT2D eigenvalue weighted by Crippen LogP contribution is -1.94. The van der Waals surface area contributed by atoms with Crippen molar-refractivity contribution in [1.29, 1.82) is 0 Å². The first-order valence-electron chi connectivity index (χ1n) is 7.10. The summed E-state index contributed by atoms with van der Waals surface area (Å²) >= 11 is 3.46. The standard InChI is InChI=1S/C20H19BrS/c1-14(21)12-19-15(2)18-11-10-17(13-20(18)22(19,3)4)16-8-6-5-7-9-16/h5-13H,1-2H2,3-4H3/b19-12+. The van der Waals surface area contributed by atoms with Crippen LogP contribution < -0.4 is 0 Å². The molecular formula is C20H19BrS. The Kier molecular flexibility index (Phi) is 3.92. The van der Waals surface area contributed by atoms with Crippen LogP contribution in [0.15, 0.2) is 82.0 Å². The second-order valence-corrected chi connectivity index (χ2v) is 10.4. The van der Waals surface area contributed by atoms with E-state index < -0.39 is 10.0 Å². The van der Waals surface area contributed by atoms with Crippen LogP contribution in [0.4, 0.5) is 0 Å². The second kappa shape index (κ2) is 5.60. The van der Waals surface area contributed by atoms with Gasteiger partial charge >= 0.3 is 0 Å². The Hall–Kier alpha value is -1.51. The van der Waals surface area contributed by atoms with Crippen molar-refractivity contribution in [1.82, 2.24) is 0 Å². The number of benzene rings is 2. The molecule has 0 nitrogen and oxygen atoms in total. The van der Waals surface area contributed by atoms with Crippen LogP contribution in [0.1, 0.15) is 5.56 Å². The van der Waals surface area contributed by atoms with Crippen LogP contribution in [-0.2, 0) is 0 Å². The maximum Gasteiger partial charge on any atom is 0.0114 e. The van der Waals surface area contributed by atoms with Crippen LogP contribution in [-0.4, -0.2) is 12.5 Å². The van der Waals surface area contributed by atoms with Crippen molar-refractivity contribution in [3.8, 4) is 11.1 Å². The maximum absolute atomic E-state index is 4.32. The fourth-order valence-electron chi connectivity index (χ4n) is 2.94. The first kappa shape index (κ1) is 15.4. The highest BCUT2D eigenvalue weighted by atomic mass is 79.9. The summed E-state index contributed by atoms with van der Waals surface area (Å²) in [6.45, 7) is 8.28. The van der Waals surface area contributed by atoms with Gasteiger partial charge < -0.3 is 0 Å². The van der Waals surface area contributed by atoms with Crippen molar-refractivity contribution < 1.29 is 0 Å². The molecule has 1 aliphatic heterocycles. The van der Waals surface area contributed by atoms with Gasteiger partial charge in [-0.25, -0.2) is 0 Å². The van der Waals surface area contributed by atoms with E-state index in [-0.39, 0.29) is 0 Å². The minimum Gasteiger partial charge on any atom is -0.192 e. The number of fused-ring (bicyclic) bond motifs is 1. The molecule has 0 unspecified atom stereocenters. The molecular weight excluding hydrogens is 352 g/mol. The van der Waals surface area contributed by atoms with Gasteiger partial charge in [-0.3, -0.25) is 0 Å². The van der Waals surface area contributed by atoms with Gasteiger partial charge in [0.05, 0.1) is 0 Å². The largest absolute Gasteiger partial charge is 0.192 e. The van der Waals surface area contributed by atoms with Crippen molar-refractivity contribution in [2.24, 2.45) is 0 Å². The summed E-state index contributed by atoms with van der Waals surface area (Å²) in [5, 5.41) is 0. The third-order valence-electron chi connectivity index (χ3n) is 4.10. The first-order chi connectivity index (χ1) is 10.4. The molecule has 112 valence electrons. The summed E-state index contributed by atoms with van der Waals surface area (Å²) in [6, 6.07) is 17.3. The molecule has 2 aromatic rings. The van der Waals surface area contributed by atoms with Gasteiger partial charge in [0.25, 0.3) is 0 Å². The maximum atomic E-state index is 4.32. The number of halogens is 1. The van der Waals surface area contributed by atoms with E-state index in [1.54, 1.807) is 0 Å². The summed E-state index contributed by atoms with van der Waals surface area (Å²) < 4.78 is 0.903. The van der Waals surface area contributed by atoms with Crippen molar-refractivity contribution in [3.05, 3.63) is 82.7 Å². The number of allylic oxidation sites excluding steroid dienone is 3. The lowest BCUT2D eigenvalue weighted by Gasteiger charge is -2.29. The lowest BCUT2D eigenvalue weighted by atomic mass is 10.0. The van der Waals surface area contributed by atoms with Crippen molar-refractivity contribution >= 4 is 31.5 Å². The van der Waals surface area contributed by atoms with Crippen LogP contribution in [0.2, 0.25) is 0 Å². The molecule has 1 aliphatic rings. The van der Waals surface area contributed by atoms with Gasteiger partial charge in [0.2, 0.25) is 0 Å². The van der Waals surface area contributed by atoms with E-state index in [4.69, 9.17) is 0 Å². The first-order valence-corrected chi connectivity index (χ1v) is 10.3. The number of hydrogen-bond acceptors (Lipinski definition) is 0. The molecule has 0 spiro atoms. The monoisotopic (exact) mass is 370 g/mol. The molecule has 3 rings (SSSR count). The fraction of sp³-hybridized carbons (Fsp3) is 0.100. The highest BCUT2D eigenvalue weighted by Crippen LogP contribution is 2.68. The predicted molar refractivity (Wildman–Crippen MR) is 105 cm³/mol. The minimum absolute atomic E-state index is 0.903. The Balaban J connectivity index is 2.17. The zero-order chi connectivity index (χ0) is 15.9. The third-order valence-corrected chi connectivity index (χ3v) is 7.23. The molecule has 0 fully saturated rings. The highest BCUT2D eigenvalue weighted by Gasteiger charge is 2.33. The minimum atomic E-state index is -1.05. The molecule has 0 bridgehead atoms. The number of hydrogen-bond donors (Lipinski definition) is 0. The summed E-state index contributed by atoms with van der Waals surface area (Å²) in [5.41, 5.74) is 4.94. The Morgan fingerprint density at radius 1 is 1.05 bits per heavy atom. The van der Waals surface area contributed by atoms with Crippen LogP contribution >= 0.6 is 26.0 Å². The lowest BCUT2D eigenvalue weighted by molar-refractivity contribution is 1.41. The third kappa shape index (κ3) is 2.51. The molecule has 0 aromatic heterocycles. The second-order valence-electron chi connectivity index (χ2n) is 5.84. The van der Waals surface area contributed by atoms with E-state index in [1.807, 2.05) is 0 Å². The summed E-state index contributed by atoms with van der Waals surface area (Å²) in [7, 11) is -1.05. The Morgan fingerprint density at radius 3 is 2.36 bits per heavy atom. The topological polar surface area (TPSA) is 0 Å². The quantitative estimate of drug-likeness (QED) is 0.558. The van der Waals surface area contributed by atoms with Crippen molar-refractivity contribution in [2.75, 3.05) is 12.5 Å². The molecule has 0 amide bonds. The summed E-state index contributed by atoms with van der Waals surface area (Å²) in [6.07, 6.45) is 6.79. The molecule has 0 saturated heterocycles. The average Bonchev–Trinajstić information content (AvgIpc) is 2.69. The average molecular weight is 371 g/mol. The van der Waals surface area contributed by atoms with E-state index in [0.717, 1.165) is 10.1 Å². The van der Waals surface area contributed by atoms with Crippen LogP contribution in [0.25, 0.3) is 16.7 Å². The fourth-order valence-corrected chi connectivity index (χ4v) is 5.88. The van der Waals surface area contributed by atoms with Gasteiger partial charge in [0.1, 0.15) is 0 Å². The zero-order valence-electron chi connectivity index (χ0n) is 12.9. The van der Waals surface area contributed by atoms with Gasteiger partial charge in [-0.05, 0) is 46.9 Å². The molecule has 2 heteroatoms. The van der Waals surface area contributed by atoms with E-state index in [2.05, 4.69) is 96.2 Å². The Morgan fingerprint density at radius 2 is 1.73 bits per heavy atom. The van der Waals surface area contributed by atoms with E-state index in [0.29, 0.717) is 0 Å². The van der Waals surface area contributed by atoms with E-state index in [1.165, 1.54) is 26.5 Å². The highest BCUT2D eigenvalue weighted by molar-refractivity contribution is 9.11. The van der Waals surface area contributed by atoms with Gasteiger partial charge in [-0.2, -0.15) is 10.0 Å². The SMILES string of the molecule is C=C(Br)/C=C1\C(=C)c2ccc(-c3ccccc3)cc2S1(C)C. The normalized spacial score (nSPS) is 19.0. The molecule has 0 N–H and O–H groups in total. The van der Waals surface area contributed by atoms with Gasteiger partial charge in [-0.1, -0.05) is 71.6 Å². The Bertz CT molecular complexity index is 798. The van der Waals surface area contributed by atoms with Crippen LogP contribution in [0.3, 0.4) is 0 Å². The smallest absolute Gasteiger partial charge is 0.0114 e. The molecule has 0 radical (unpaired) electrons.